The fourth-order valence-corrected chi connectivity index (χ4v) is 6.31. The molecule has 1 N–H and O–H groups in total. The maximum Gasteiger partial charge on any atom is 0.331 e. The maximum absolute atomic E-state index is 15.4. The van der Waals surface area contributed by atoms with Gasteiger partial charge in [0.15, 0.2) is 0 Å². The monoisotopic (exact) mass is 563 g/mol. The van der Waals surface area contributed by atoms with Crippen LogP contribution in [0.15, 0.2) is 46.0 Å². The van der Waals surface area contributed by atoms with Gasteiger partial charge in [-0.15, -0.1) is 0 Å². The van der Waals surface area contributed by atoms with Gasteiger partial charge in [0.25, 0.3) is 11.5 Å². The minimum absolute atomic E-state index is 0.0380. The van der Waals surface area contributed by atoms with Gasteiger partial charge < -0.3 is 19.9 Å². The van der Waals surface area contributed by atoms with Gasteiger partial charge in [0.05, 0.1) is 35.3 Å². The Morgan fingerprint density at radius 1 is 1.12 bits per heavy atom. The Labute approximate surface area is 236 Å². The number of piperidine rings is 1. The first-order chi connectivity index (χ1) is 19.7. The Hall–Kier alpha value is -3.99. The Morgan fingerprint density at radius 2 is 1.93 bits per heavy atom. The van der Waals surface area contributed by atoms with Crippen LogP contribution in [-0.4, -0.2) is 62.7 Å². The minimum Gasteiger partial charge on any atom is -0.376 e. The van der Waals surface area contributed by atoms with Crippen molar-refractivity contribution in [2.24, 2.45) is 0 Å². The molecule has 4 heterocycles. The molecule has 1 unspecified atom stereocenters. The number of ether oxygens (including phenoxy) is 1. The number of anilines is 1. The van der Waals surface area contributed by atoms with Crippen molar-refractivity contribution in [1.82, 2.24) is 18.9 Å². The number of nitrogens with zero attached hydrogens (tertiary/aromatic N) is 4. The molecule has 6 rings (SSSR count). The molecule has 0 bridgehead atoms. The van der Waals surface area contributed by atoms with Crippen LogP contribution in [0.2, 0.25) is 0 Å². The smallest absolute Gasteiger partial charge is 0.331 e. The van der Waals surface area contributed by atoms with Crippen molar-refractivity contribution in [1.29, 1.82) is 0 Å². The molecule has 10 nitrogen and oxygen atoms in total. The Morgan fingerprint density at radius 3 is 2.66 bits per heavy atom. The van der Waals surface area contributed by atoms with Gasteiger partial charge in [-0.05, 0) is 57.2 Å². The summed E-state index contributed by atoms with van der Waals surface area (Å²) in [6.45, 7) is 5.59. The van der Waals surface area contributed by atoms with Crippen molar-refractivity contribution in [3.63, 3.8) is 0 Å². The van der Waals surface area contributed by atoms with Crippen molar-refractivity contribution in [2.45, 2.75) is 70.8 Å². The van der Waals surface area contributed by atoms with Gasteiger partial charge in [0, 0.05) is 43.9 Å². The van der Waals surface area contributed by atoms with E-state index in [-0.39, 0.29) is 47.2 Å². The van der Waals surface area contributed by atoms with Crippen molar-refractivity contribution in [2.75, 3.05) is 25.0 Å². The van der Waals surface area contributed by atoms with E-state index in [0.717, 1.165) is 35.5 Å². The van der Waals surface area contributed by atoms with Gasteiger partial charge in [-0.25, -0.2) is 14.0 Å². The molecule has 11 heteroatoms. The van der Waals surface area contributed by atoms with E-state index >= 15 is 4.39 Å². The second kappa shape index (κ2) is 10.8. The van der Waals surface area contributed by atoms with Crippen molar-refractivity contribution < 1.29 is 18.7 Å². The predicted octanol–water partition coefficient (Wildman–Crippen LogP) is 3.71. The summed E-state index contributed by atoms with van der Waals surface area (Å²) in [6, 6.07) is 8.99. The summed E-state index contributed by atoms with van der Waals surface area (Å²) in [4.78, 5) is 56.5. The number of halogens is 1. The zero-order valence-corrected chi connectivity index (χ0v) is 23.3. The van der Waals surface area contributed by atoms with Gasteiger partial charge in [-0.2, -0.15) is 0 Å². The number of rotatable bonds is 5. The van der Waals surface area contributed by atoms with Crippen LogP contribution in [0.1, 0.15) is 61.5 Å². The normalized spacial score (nSPS) is 20.7. The number of carbonyl (C=O) groups excluding carboxylic acids is 2. The third-order valence-electron chi connectivity index (χ3n) is 8.40. The molecule has 2 atom stereocenters. The van der Waals surface area contributed by atoms with Crippen LogP contribution in [0.5, 0.6) is 0 Å². The fourth-order valence-electron chi connectivity index (χ4n) is 6.31. The van der Waals surface area contributed by atoms with Crippen molar-refractivity contribution >= 4 is 28.5 Å². The summed E-state index contributed by atoms with van der Waals surface area (Å²) in [6.07, 6.45) is 2.85. The molecule has 2 saturated heterocycles. The molecule has 41 heavy (non-hydrogen) atoms. The van der Waals surface area contributed by atoms with E-state index in [1.54, 1.807) is 18.7 Å². The van der Waals surface area contributed by atoms with Crippen molar-refractivity contribution in [3.8, 4) is 0 Å². The van der Waals surface area contributed by atoms with E-state index in [0.29, 0.717) is 38.2 Å². The predicted molar refractivity (Wildman–Crippen MR) is 152 cm³/mol. The van der Waals surface area contributed by atoms with Gasteiger partial charge in [-0.3, -0.25) is 18.7 Å². The van der Waals surface area contributed by atoms with Crippen molar-refractivity contribution in [3.05, 3.63) is 74.2 Å². The number of fused-ring (bicyclic) bond motifs is 2. The minimum atomic E-state index is -0.741. The molecular weight excluding hydrogens is 529 g/mol. The molecule has 0 saturated carbocycles. The lowest BCUT2D eigenvalue weighted by atomic mass is 10.0. The molecule has 0 radical (unpaired) electrons. The number of hydrogen-bond donors (Lipinski definition) is 1. The zero-order chi connectivity index (χ0) is 28.8. The highest BCUT2D eigenvalue weighted by atomic mass is 19.1. The third-order valence-corrected chi connectivity index (χ3v) is 8.40. The Balaban J connectivity index is 1.26. The molecule has 2 fully saturated rings. The quantitative estimate of drug-likeness (QED) is 0.510. The molecule has 3 aliphatic heterocycles. The van der Waals surface area contributed by atoms with E-state index in [4.69, 9.17) is 4.74 Å². The Kier molecular flexibility index (Phi) is 7.14. The van der Waals surface area contributed by atoms with Crippen LogP contribution in [0, 0.1) is 5.82 Å². The summed E-state index contributed by atoms with van der Waals surface area (Å²) in [5.41, 5.74) is 0.656. The summed E-state index contributed by atoms with van der Waals surface area (Å²) < 4.78 is 23.6. The highest BCUT2D eigenvalue weighted by Crippen LogP contribution is 2.29. The average molecular weight is 564 g/mol. The van der Waals surface area contributed by atoms with E-state index in [1.807, 2.05) is 29.2 Å². The zero-order valence-electron chi connectivity index (χ0n) is 23.3. The molecule has 3 aliphatic rings. The highest BCUT2D eigenvalue weighted by molar-refractivity contribution is 5.98. The van der Waals surface area contributed by atoms with Crippen LogP contribution in [-0.2, 0) is 17.8 Å². The number of hydrogen-bond acceptors (Lipinski definition) is 5. The topological polar surface area (TPSA) is 106 Å². The third kappa shape index (κ3) is 4.92. The lowest BCUT2D eigenvalue weighted by Crippen LogP contribution is -2.51. The number of urea groups is 1. The largest absolute Gasteiger partial charge is 0.376 e. The second-order valence-electron chi connectivity index (χ2n) is 11.4. The lowest BCUT2D eigenvalue weighted by Gasteiger charge is -2.37. The molecule has 2 aromatic carbocycles. The van der Waals surface area contributed by atoms with Gasteiger partial charge in [0.1, 0.15) is 5.82 Å². The van der Waals surface area contributed by atoms with Gasteiger partial charge in [-0.1, -0.05) is 18.2 Å². The average Bonchev–Trinajstić information content (AvgIpc) is 3.60. The summed E-state index contributed by atoms with van der Waals surface area (Å²) in [7, 11) is 0. The van der Waals surface area contributed by atoms with Crippen LogP contribution in [0.4, 0.5) is 14.9 Å². The molecule has 0 spiro atoms. The summed E-state index contributed by atoms with van der Waals surface area (Å²) in [5.74, 6) is -0.779. The van der Waals surface area contributed by atoms with Crippen LogP contribution in [0.3, 0.4) is 0 Å². The number of benzene rings is 2. The first kappa shape index (κ1) is 27.2. The SMILES string of the molecule is CC(C)n1c(=O)n(CC2CCCO2)c(=O)c2cc(NC(=O)N3CCC[C@@H](N4Cc5ccccc5C4=O)C3)c(F)cc21. The van der Waals surface area contributed by atoms with E-state index in [1.165, 1.54) is 10.6 Å². The highest BCUT2D eigenvalue weighted by Gasteiger charge is 2.36. The second-order valence-corrected chi connectivity index (χ2v) is 11.4. The fraction of sp³-hybridized carbons (Fsp3) is 0.467. The number of aromatic nitrogens is 2. The first-order valence-corrected chi connectivity index (χ1v) is 14.3. The Bertz CT molecular complexity index is 1640. The molecule has 3 aromatic rings. The molecule has 1 aromatic heterocycles. The van der Waals surface area contributed by atoms with E-state index in [2.05, 4.69) is 5.32 Å². The van der Waals surface area contributed by atoms with Crippen LogP contribution >= 0.6 is 0 Å². The number of likely N-dealkylation sites (tertiary alicyclic amines) is 1. The van der Waals surface area contributed by atoms with Gasteiger partial charge in [0.2, 0.25) is 0 Å². The van der Waals surface area contributed by atoms with Crippen LogP contribution in [0.25, 0.3) is 10.9 Å². The lowest BCUT2D eigenvalue weighted by molar-refractivity contribution is 0.0608. The molecule has 3 amide bonds. The van der Waals surface area contributed by atoms with E-state index < -0.39 is 23.1 Å². The van der Waals surface area contributed by atoms with E-state index in [9.17, 15) is 19.2 Å². The number of carbonyl (C=O) groups is 2. The molecule has 0 aliphatic carbocycles. The maximum atomic E-state index is 15.4. The summed E-state index contributed by atoms with van der Waals surface area (Å²) >= 11 is 0. The first-order valence-electron chi connectivity index (χ1n) is 14.3. The standard InChI is InChI=1S/C30H34FN5O5/c1-18(2)36-26-14-24(31)25(13-23(26)28(38)35(30(36)40)17-21-9-6-12-41-21)32-29(39)33-11-5-8-20(16-33)34-15-19-7-3-4-10-22(19)27(34)37/h3-4,7,10,13-14,18,20-21H,5-6,8-9,11-12,15-17H2,1-2H3,(H,32,39)/t20-,21?/m1/s1. The van der Waals surface area contributed by atoms with Gasteiger partial charge >= 0.3 is 11.7 Å². The molecular formula is C30H34FN5O5. The summed E-state index contributed by atoms with van der Waals surface area (Å²) in [5, 5.41) is 2.79. The molecule has 216 valence electrons. The number of nitrogens with one attached hydrogen (secondary N) is 1. The van der Waals surface area contributed by atoms with Crippen LogP contribution < -0.4 is 16.6 Å². The number of amides is 3.